The van der Waals surface area contributed by atoms with E-state index in [0.29, 0.717) is 0 Å². The predicted octanol–water partition coefficient (Wildman–Crippen LogP) is 0.144. The van der Waals surface area contributed by atoms with Gasteiger partial charge in [0.1, 0.15) is 12.3 Å². The molecule has 6 N–H and O–H groups in total. The van der Waals surface area contributed by atoms with Crippen LogP contribution in [0.15, 0.2) is 17.1 Å². The van der Waals surface area contributed by atoms with Gasteiger partial charge in [-0.2, -0.15) is 8.62 Å². The summed E-state index contributed by atoms with van der Waals surface area (Å²) in [5, 5.41) is 10.2. The molecule has 2 unspecified atom stereocenters. The molecule has 1 aromatic heterocycles. The lowest BCUT2D eigenvalue weighted by atomic mass is 10.0. The maximum atomic E-state index is 11.8. The van der Waals surface area contributed by atoms with Crippen molar-refractivity contribution in [2.75, 3.05) is 6.61 Å². The molecule has 0 amide bonds. The Bertz CT molecular complexity index is 1000. The Morgan fingerprint density at radius 3 is 2.38 bits per heavy atom. The highest BCUT2D eigenvalue weighted by atomic mass is 32.1. The van der Waals surface area contributed by atoms with Crippen LogP contribution in [0.3, 0.4) is 0 Å². The van der Waals surface area contributed by atoms with Crippen LogP contribution in [-0.2, 0) is 31.6 Å². The zero-order valence-electron chi connectivity index (χ0n) is 14.4. The van der Waals surface area contributed by atoms with E-state index in [2.05, 4.69) is 18.1 Å². The first-order valence-electron chi connectivity index (χ1n) is 7.53. The van der Waals surface area contributed by atoms with Crippen molar-refractivity contribution in [3.63, 3.8) is 0 Å². The fourth-order valence-corrected chi connectivity index (χ4v) is 5.74. The van der Waals surface area contributed by atoms with Crippen molar-refractivity contribution in [1.82, 2.24) is 9.55 Å². The zero-order chi connectivity index (χ0) is 22.2. The SMILES string of the molecule is C[C@H]1[C@H](O)[C@@H](COP(=O)(O)OP(=O)(O)OP(=O)(O)O)O[C@H]1n1ccc(=O)[nH]c1=S. The Balaban J connectivity index is 2.06. The van der Waals surface area contributed by atoms with Gasteiger partial charge in [0.2, 0.25) is 0 Å². The van der Waals surface area contributed by atoms with E-state index in [9.17, 15) is 28.5 Å². The van der Waals surface area contributed by atoms with Crippen LogP contribution < -0.4 is 5.56 Å². The number of aromatic amines is 1. The van der Waals surface area contributed by atoms with E-state index in [1.54, 1.807) is 6.92 Å². The van der Waals surface area contributed by atoms with E-state index in [0.717, 1.165) is 6.07 Å². The normalized spacial score (nSPS) is 29.3. The van der Waals surface area contributed by atoms with E-state index in [4.69, 9.17) is 31.6 Å². The average Bonchev–Trinajstić information content (AvgIpc) is 2.78. The molecule has 166 valence electrons. The van der Waals surface area contributed by atoms with E-state index in [1.165, 1.54) is 10.8 Å². The molecule has 6 atom stereocenters. The number of aliphatic hydroxyl groups is 1. The van der Waals surface area contributed by atoms with E-state index < -0.39 is 60.0 Å². The van der Waals surface area contributed by atoms with Gasteiger partial charge >= 0.3 is 23.5 Å². The van der Waals surface area contributed by atoms with Crippen molar-refractivity contribution in [1.29, 1.82) is 0 Å². The lowest BCUT2D eigenvalue weighted by molar-refractivity contribution is -0.0461. The Morgan fingerprint density at radius 2 is 1.83 bits per heavy atom. The largest absolute Gasteiger partial charge is 0.490 e. The maximum absolute atomic E-state index is 11.8. The van der Waals surface area contributed by atoms with Gasteiger partial charge in [-0.15, -0.1) is 0 Å². The molecule has 2 heterocycles. The second-order valence-corrected chi connectivity index (χ2v) is 10.6. The fraction of sp³-hybridized carbons (Fsp3) is 0.600. The summed E-state index contributed by atoms with van der Waals surface area (Å²) in [5.74, 6) is -0.623. The first-order chi connectivity index (χ1) is 13.1. The molecule has 0 aromatic carbocycles. The van der Waals surface area contributed by atoms with Crippen LogP contribution in [0.25, 0.3) is 0 Å². The van der Waals surface area contributed by atoms with Crippen LogP contribution in [0.1, 0.15) is 13.2 Å². The molecule has 1 aliphatic heterocycles. The molecule has 0 spiro atoms. The van der Waals surface area contributed by atoms with Crippen LogP contribution in [0.5, 0.6) is 0 Å². The van der Waals surface area contributed by atoms with Crippen molar-refractivity contribution in [2.45, 2.75) is 25.4 Å². The molecule has 2 rings (SSSR count). The third kappa shape index (κ3) is 6.97. The van der Waals surface area contributed by atoms with E-state index in [1.807, 2.05) is 0 Å². The quantitative estimate of drug-likeness (QED) is 0.207. The topological polar surface area (TPSA) is 227 Å². The van der Waals surface area contributed by atoms with Gasteiger partial charge in [-0.05, 0) is 12.2 Å². The van der Waals surface area contributed by atoms with Crippen LogP contribution in [-0.4, -0.2) is 53.0 Å². The van der Waals surface area contributed by atoms with Gasteiger partial charge in [0, 0.05) is 18.2 Å². The van der Waals surface area contributed by atoms with Crippen molar-refractivity contribution < 1.29 is 56.3 Å². The molecule has 0 radical (unpaired) electrons. The van der Waals surface area contributed by atoms with Gasteiger partial charge in [-0.3, -0.25) is 18.9 Å². The molecular formula is C10H17N2O13P3S. The van der Waals surface area contributed by atoms with Gasteiger partial charge in [-0.1, -0.05) is 6.92 Å². The highest BCUT2D eigenvalue weighted by Gasteiger charge is 2.45. The fourth-order valence-electron chi connectivity index (χ4n) is 2.45. The second kappa shape index (κ2) is 8.89. The summed E-state index contributed by atoms with van der Waals surface area (Å²) in [6, 6.07) is 1.16. The Kier molecular flexibility index (Phi) is 7.57. The average molecular weight is 498 g/mol. The Labute approximate surface area is 167 Å². The summed E-state index contributed by atoms with van der Waals surface area (Å²) in [6.07, 6.45) is -2.04. The first kappa shape index (κ1) is 24.7. The van der Waals surface area contributed by atoms with Gasteiger partial charge in [0.15, 0.2) is 4.77 Å². The smallest absolute Gasteiger partial charge is 0.390 e. The molecular weight excluding hydrogens is 481 g/mol. The number of aromatic nitrogens is 2. The van der Waals surface area contributed by atoms with Gasteiger partial charge < -0.3 is 29.4 Å². The monoisotopic (exact) mass is 498 g/mol. The molecule has 0 bridgehead atoms. The minimum Gasteiger partial charge on any atom is -0.390 e. The molecule has 15 nitrogen and oxygen atoms in total. The molecule has 19 heteroatoms. The molecule has 0 aliphatic carbocycles. The number of nitrogens with one attached hydrogen (secondary N) is 1. The van der Waals surface area contributed by atoms with E-state index in [-0.39, 0.29) is 4.77 Å². The van der Waals surface area contributed by atoms with E-state index >= 15 is 0 Å². The van der Waals surface area contributed by atoms with Crippen LogP contribution in [0.4, 0.5) is 0 Å². The molecule has 0 saturated carbocycles. The second-order valence-electron chi connectivity index (χ2n) is 5.82. The number of phosphoric ester groups is 1. The van der Waals surface area contributed by atoms with Crippen molar-refractivity contribution in [2.24, 2.45) is 5.92 Å². The number of aliphatic hydroxyl groups excluding tert-OH is 1. The lowest BCUT2D eigenvalue weighted by Crippen LogP contribution is -2.29. The number of phosphoric acid groups is 3. The first-order valence-corrected chi connectivity index (χ1v) is 12.5. The third-order valence-corrected chi connectivity index (χ3v) is 7.74. The van der Waals surface area contributed by atoms with Crippen LogP contribution >= 0.6 is 35.7 Å². The van der Waals surface area contributed by atoms with Gasteiger partial charge in [0.25, 0.3) is 5.56 Å². The summed E-state index contributed by atoms with van der Waals surface area (Å²) >= 11 is 5.01. The standard InChI is InChI=1S/C10H17N2O13P3S/c1-5-8(14)6(23-9(5)12-3-2-7(13)11-10(12)29)4-22-27(18,19)25-28(20,21)24-26(15,16)17/h2-3,5-6,8-9,14H,4H2,1H3,(H,18,19)(H,20,21)(H,11,13,29)(H2,15,16,17)/t5-,6+,8-,9+/m0/s1. The Morgan fingerprint density at radius 1 is 1.21 bits per heavy atom. The minimum absolute atomic E-state index is 0.00455. The van der Waals surface area contributed by atoms with Crippen LogP contribution in [0.2, 0.25) is 0 Å². The minimum atomic E-state index is -5.65. The summed E-state index contributed by atoms with van der Waals surface area (Å²) < 4.78 is 52.1. The van der Waals surface area contributed by atoms with Gasteiger partial charge in [0.05, 0.1) is 12.7 Å². The van der Waals surface area contributed by atoms with Crippen molar-refractivity contribution in [3.05, 3.63) is 27.4 Å². The number of hydrogen-bond acceptors (Lipinski definition) is 10. The van der Waals surface area contributed by atoms with Crippen molar-refractivity contribution in [3.8, 4) is 0 Å². The van der Waals surface area contributed by atoms with Crippen LogP contribution in [0, 0.1) is 10.7 Å². The third-order valence-electron chi connectivity index (χ3n) is 3.63. The molecule has 1 aromatic rings. The molecule has 1 fully saturated rings. The highest BCUT2D eigenvalue weighted by Crippen LogP contribution is 2.66. The maximum Gasteiger partial charge on any atom is 0.490 e. The number of H-pyrrole nitrogens is 1. The predicted molar refractivity (Wildman–Crippen MR) is 94.8 cm³/mol. The number of hydrogen-bond donors (Lipinski definition) is 6. The zero-order valence-corrected chi connectivity index (χ0v) is 17.9. The van der Waals surface area contributed by atoms with Gasteiger partial charge in [-0.25, -0.2) is 13.7 Å². The van der Waals surface area contributed by atoms with Crippen molar-refractivity contribution >= 4 is 35.7 Å². The highest BCUT2D eigenvalue weighted by molar-refractivity contribution is 7.71. The number of rotatable bonds is 8. The summed E-state index contributed by atoms with van der Waals surface area (Å²) in [6.45, 7) is 0.745. The number of ether oxygens (including phenoxy) is 1. The summed E-state index contributed by atoms with van der Waals surface area (Å²) in [5.41, 5.74) is -0.457. The summed E-state index contributed by atoms with van der Waals surface area (Å²) in [4.78, 5) is 49.1. The summed E-state index contributed by atoms with van der Waals surface area (Å²) in [7, 11) is -16.5. The number of nitrogens with zero attached hydrogens (tertiary/aromatic N) is 1. The lowest BCUT2D eigenvalue weighted by Gasteiger charge is -2.19. The molecule has 1 aliphatic rings. The Hall–Kier alpha value is -0.570. The molecule has 29 heavy (non-hydrogen) atoms. The molecule has 1 saturated heterocycles.